The van der Waals surface area contributed by atoms with E-state index < -0.39 is 18.0 Å². The Bertz CT molecular complexity index is 1140. The number of benzene rings is 1. The largest absolute Gasteiger partial charge is 0.451 e. The van der Waals surface area contributed by atoms with E-state index in [0.717, 1.165) is 17.5 Å². The average Bonchev–Trinajstić information content (AvgIpc) is 2.94. The molecule has 28 heavy (non-hydrogen) atoms. The zero-order valence-corrected chi connectivity index (χ0v) is 16.8. The third-order valence-electron chi connectivity index (χ3n) is 4.53. The Balaban J connectivity index is 1.78. The standard InChI is InChI=1S/C21H20ClNO5/c1-11(2)23-12(3)7-15(13(23)4)18(25)10-27-21(26)20-9-17(24)16-8-14(22)5-6-19(16)28-20/h5-9,11H,10H2,1-4H3. The number of aryl methyl sites for hydroxylation is 1. The Kier molecular flexibility index (Phi) is 5.42. The Labute approximate surface area is 166 Å². The summed E-state index contributed by atoms with van der Waals surface area (Å²) in [7, 11) is 0. The van der Waals surface area contributed by atoms with E-state index in [-0.39, 0.29) is 28.6 Å². The molecule has 0 atom stereocenters. The van der Waals surface area contributed by atoms with Gasteiger partial charge < -0.3 is 13.7 Å². The highest BCUT2D eigenvalue weighted by atomic mass is 35.5. The van der Waals surface area contributed by atoms with Crippen LogP contribution < -0.4 is 5.43 Å². The summed E-state index contributed by atoms with van der Waals surface area (Å²) in [6, 6.07) is 7.55. The number of halogens is 1. The van der Waals surface area contributed by atoms with E-state index >= 15 is 0 Å². The first kappa shape index (κ1) is 19.9. The third kappa shape index (κ3) is 3.73. The van der Waals surface area contributed by atoms with E-state index in [1.807, 2.05) is 32.3 Å². The van der Waals surface area contributed by atoms with Crippen molar-refractivity contribution in [3.63, 3.8) is 0 Å². The highest BCUT2D eigenvalue weighted by molar-refractivity contribution is 6.31. The molecular formula is C21H20ClNO5. The van der Waals surface area contributed by atoms with Gasteiger partial charge in [0.25, 0.3) is 0 Å². The zero-order valence-electron chi connectivity index (χ0n) is 16.0. The van der Waals surface area contributed by atoms with E-state index in [2.05, 4.69) is 0 Å². The van der Waals surface area contributed by atoms with Crippen LogP contribution in [0, 0.1) is 13.8 Å². The van der Waals surface area contributed by atoms with Gasteiger partial charge in [0.15, 0.2) is 12.0 Å². The van der Waals surface area contributed by atoms with Gasteiger partial charge in [-0.15, -0.1) is 0 Å². The Morgan fingerprint density at radius 3 is 2.54 bits per heavy atom. The van der Waals surface area contributed by atoms with E-state index in [9.17, 15) is 14.4 Å². The van der Waals surface area contributed by atoms with Crippen LogP contribution in [-0.4, -0.2) is 22.9 Å². The third-order valence-corrected chi connectivity index (χ3v) is 4.76. The van der Waals surface area contributed by atoms with E-state index in [1.165, 1.54) is 12.1 Å². The molecule has 0 saturated heterocycles. The second-order valence-corrected chi connectivity index (χ2v) is 7.30. The fraction of sp³-hybridized carbons (Fsp3) is 0.286. The predicted octanol–water partition coefficient (Wildman–Crippen LogP) is 4.49. The Morgan fingerprint density at radius 1 is 1.18 bits per heavy atom. The molecule has 0 spiro atoms. The van der Waals surface area contributed by atoms with Crippen LogP contribution in [0.5, 0.6) is 0 Å². The van der Waals surface area contributed by atoms with Crippen molar-refractivity contribution in [3.8, 4) is 0 Å². The molecule has 0 bridgehead atoms. The maximum absolute atomic E-state index is 12.5. The number of hydrogen-bond donors (Lipinski definition) is 0. The summed E-state index contributed by atoms with van der Waals surface area (Å²) in [6.07, 6.45) is 0. The average molecular weight is 402 g/mol. The van der Waals surface area contributed by atoms with Crippen LogP contribution in [0.25, 0.3) is 11.0 Å². The highest BCUT2D eigenvalue weighted by Gasteiger charge is 2.20. The molecule has 0 aliphatic heterocycles. The molecule has 0 aliphatic carbocycles. The first-order valence-corrected chi connectivity index (χ1v) is 9.19. The molecule has 2 aromatic heterocycles. The molecule has 3 rings (SSSR count). The van der Waals surface area contributed by atoms with Crippen LogP contribution in [0.15, 0.2) is 39.5 Å². The minimum atomic E-state index is -0.875. The predicted molar refractivity (Wildman–Crippen MR) is 106 cm³/mol. The van der Waals surface area contributed by atoms with Crippen molar-refractivity contribution in [2.24, 2.45) is 0 Å². The maximum Gasteiger partial charge on any atom is 0.374 e. The minimum absolute atomic E-state index is 0.212. The monoisotopic (exact) mass is 401 g/mol. The van der Waals surface area contributed by atoms with Crippen molar-refractivity contribution in [1.82, 2.24) is 4.57 Å². The van der Waals surface area contributed by atoms with Crippen molar-refractivity contribution < 1.29 is 18.7 Å². The molecule has 2 heterocycles. The van der Waals surface area contributed by atoms with Crippen LogP contribution in [0.3, 0.4) is 0 Å². The lowest BCUT2D eigenvalue weighted by atomic mass is 10.1. The number of hydrogen-bond acceptors (Lipinski definition) is 5. The number of nitrogens with zero attached hydrogens (tertiary/aromatic N) is 1. The molecular weight excluding hydrogens is 382 g/mol. The van der Waals surface area contributed by atoms with Crippen LogP contribution >= 0.6 is 11.6 Å². The number of fused-ring (bicyclic) bond motifs is 1. The van der Waals surface area contributed by atoms with Crippen LogP contribution in [0.4, 0.5) is 0 Å². The van der Waals surface area contributed by atoms with Gasteiger partial charge in [0, 0.05) is 34.1 Å². The molecule has 1 aromatic carbocycles. The first-order valence-electron chi connectivity index (χ1n) is 8.81. The molecule has 0 aliphatic rings. The first-order chi connectivity index (χ1) is 13.2. The van der Waals surface area contributed by atoms with Gasteiger partial charge in [-0.3, -0.25) is 9.59 Å². The minimum Gasteiger partial charge on any atom is -0.451 e. The topological polar surface area (TPSA) is 78.5 Å². The van der Waals surface area contributed by atoms with Gasteiger partial charge in [0.05, 0.1) is 5.39 Å². The summed E-state index contributed by atoms with van der Waals surface area (Å²) in [6.45, 7) is 7.40. The van der Waals surface area contributed by atoms with E-state index in [1.54, 1.807) is 12.1 Å². The molecule has 0 fully saturated rings. The molecule has 0 unspecified atom stereocenters. The zero-order chi connectivity index (χ0) is 20.6. The van der Waals surface area contributed by atoms with Crippen molar-refractivity contribution in [3.05, 3.63) is 68.3 Å². The number of ether oxygens (including phenoxy) is 1. The second-order valence-electron chi connectivity index (χ2n) is 6.86. The lowest BCUT2D eigenvalue weighted by molar-refractivity contribution is 0.0444. The summed E-state index contributed by atoms with van der Waals surface area (Å²) < 4.78 is 12.6. The summed E-state index contributed by atoms with van der Waals surface area (Å²) in [5.74, 6) is -1.46. The molecule has 0 saturated carbocycles. The van der Waals surface area contributed by atoms with Gasteiger partial charge in [-0.2, -0.15) is 0 Å². The number of ketones is 1. The SMILES string of the molecule is Cc1cc(C(=O)COC(=O)c2cc(=O)c3cc(Cl)ccc3o2)c(C)n1C(C)C. The van der Waals surface area contributed by atoms with Crippen molar-refractivity contribution in [1.29, 1.82) is 0 Å². The second kappa shape index (κ2) is 7.64. The quantitative estimate of drug-likeness (QED) is 0.465. The van der Waals surface area contributed by atoms with Gasteiger partial charge in [0.2, 0.25) is 11.5 Å². The number of esters is 1. The number of carbonyl (C=O) groups is 2. The highest BCUT2D eigenvalue weighted by Crippen LogP contribution is 2.21. The fourth-order valence-corrected chi connectivity index (χ4v) is 3.54. The van der Waals surface area contributed by atoms with Crippen LogP contribution in [-0.2, 0) is 4.74 Å². The van der Waals surface area contributed by atoms with Crippen LogP contribution in [0.1, 0.15) is 52.2 Å². The van der Waals surface area contributed by atoms with Crippen LogP contribution in [0.2, 0.25) is 5.02 Å². The number of rotatable bonds is 5. The summed E-state index contributed by atoms with van der Waals surface area (Å²) >= 11 is 5.87. The smallest absolute Gasteiger partial charge is 0.374 e. The molecule has 0 radical (unpaired) electrons. The van der Waals surface area contributed by atoms with Gasteiger partial charge in [-0.1, -0.05) is 11.6 Å². The summed E-state index contributed by atoms with van der Waals surface area (Å²) in [5.41, 5.74) is 2.09. The summed E-state index contributed by atoms with van der Waals surface area (Å²) in [5, 5.41) is 0.654. The number of Topliss-reactive ketones (excluding diaryl/α,β-unsaturated/α-hetero) is 1. The molecule has 146 valence electrons. The maximum atomic E-state index is 12.5. The van der Waals surface area contributed by atoms with Gasteiger partial charge in [-0.25, -0.2) is 4.79 Å². The Hall–Kier alpha value is -2.86. The van der Waals surface area contributed by atoms with Crippen molar-refractivity contribution in [2.45, 2.75) is 33.7 Å². The fourth-order valence-electron chi connectivity index (χ4n) is 3.36. The Morgan fingerprint density at radius 2 is 1.89 bits per heavy atom. The number of carbonyl (C=O) groups excluding carboxylic acids is 2. The van der Waals surface area contributed by atoms with E-state index in [4.69, 9.17) is 20.8 Å². The number of aromatic nitrogens is 1. The van der Waals surface area contributed by atoms with Gasteiger partial charge in [0.1, 0.15) is 5.58 Å². The van der Waals surface area contributed by atoms with Gasteiger partial charge in [-0.05, 0) is 52.0 Å². The molecule has 0 amide bonds. The normalized spacial score (nSPS) is 11.2. The molecule has 3 aromatic rings. The van der Waals surface area contributed by atoms with Crippen molar-refractivity contribution in [2.75, 3.05) is 6.61 Å². The molecule has 7 heteroatoms. The molecule has 0 N–H and O–H groups in total. The molecule has 6 nitrogen and oxygen atoms in total. The lowest BCUT2D eigenvalue weighted by Crippen LogP contribution is -2.16. The van der Waals surface area contributed by atoms with Crippen molar-refractivity contribution >= 4 is 34.3 Å². The van der Waals surface area contributed by atoms with Gasteiger partial charge >= 0.3 is 5.97 Å². The van der Waals surface area contributed by atoms with E-state index in [0.29, 0.717) is 10.6 Å². The summed E-state index contributed by atoms with van der Waals surface area (Å²) in [4.78, 5) is 36.9. The lowest BCUT2D eigenvalue weighted by Gasteiger charge is -2.13.